The quantitative estimate of drug-likeness (QED) is 0.852. The Morgan fingerprint density at radius 1 is 1.43 bits per heavy atom. The standard InChI is InChI=1S/C17H22N4O2/c1-2-10-23-15-12-21(14-6-4-3-5-7-14)20-16(15)17(22)19-13-8-9-18-11-13/h3-7,12-13,18H,2,8-11H2,1H3,(H,19,22). The number of hydrogen-bond acceptors (Lipinski definition) is 4. The summed E-state index contributed by atoms with van der Waals surface area (Å²) in [6.07, 6.45) is 3.59. The van der Waals surface area contributed by atoms with Gasteiger partial charge in [0.2, 0.25) is 0 Å². The predicted octanol–water partition coefficient (Wildman–Crippen LogP) is 1.75. The molecule has 0 spiro atoms. The third-order valence-electron chi connectivity index (χ3n) is 3.77. The van der Waals surface area contributed by atoms with Crippen molar-refractivity contribution in [3.05, 3.63) is 42.2 Å². The first-order valence-corrected chi connectivity index (χ1v) is 8.07. The third-order valence-corrected chi connectivity index (χ3v) is 3.77. The van der Waals surface area contributed by atoms with Crippen molar-refractivity contribution in [3.63, 3.8) is 0 Å². The first kappa shape index (κ1) is 15.6. The van der Waals surface area contributed by atoms with Gasteiger partial charge < -0.3 is 15.4 Å². The summed E-state index contributed by atoms with van der Waals surface area (Å²) in [5.41, 5.74) is 1.24. The molecular formula is C17H22N4O2. The number of ether oxygens (including phenoxy) is 1. The molecule has 3 rings (SSSR count). The first-order chi connectivity index (χ1) is 11.3. The zero-order chi connectivity index (χ0) is 16.1. The predicted molar refractivity (Wildman–Crippen MR) is 88.1 cm³/mol. The Morgan fingerprint density at radius 2 is 2.26 bits per heavy atom. The molecular weight excluding hydrogens is 292 g/mol. The molecule has 0 radical (unpaired) electrons. The molecule has 2 heterocycles. The second-order valence-corrected chi connectivity index (χ2v) is 5.63. The van der Waals surface area contributed by atoms with Gasteiger partial charge in [0, 0.05) is 12.6 Å². The van der Waals surface area contributed by atoms with Gasteiger partial charge in [-0.05, 0) is 31.5 Å². The molecule has 23 heavy (non-hydrogen) atoms. The molecule has 1 saturated heterocycles. The van der Waals surface area contributed by atoms with Crippen LogP contribution in [0.3, 0.4) is 0 Å². The fraction of sp³-hybridized carbons (Fsp3) is 0.412. The number of carbonyl (C=O) groups excluding carboxylic acids is 1. The highest BCUT2D eigenvalue weighted by Crippen LogP contribution is 2.20. The summed E-state index contributed by atoms with van der Waals surface area (Å²) in [6.45, 7) is 4.33. The summed E-state index contributed by atoms with van der Waals surface area (Å²) in [7, 11) is 0. The summed E-state index contributed by atoms with van der Waals surface area (Å²) in [4.78, 5) is 12.5. The lowest BCUT2D eigenvalue weighted by Gasteiger charge is -2.10. The molecule has 1 aromatic heterocycles. The third kappa shape index (κ3) is 3.71. The molecule has 1 unspecified atom stereocenters. The van der Waals surface area contributed by atoms with E-state index >= 15 is 0 Å². The number of hydrogen-bond donors (Lipinski definition) is 2. The molecule has 0 aliphatic carbocycles. The van der Waals surface area contributed by atoms with Gasteiger partial charge in [-0.15, -0.1) is 0 Å². The Kier molecular flexibility index (Phi) is 4.92. The van der Waals surface area contributed by atoms with Crippen LogP contribution in [-0.4, -0.2) is 41.4 Å². The zero-order valence-corrected chi connectivity index (χ0v) is 13.3. The summed E-state index contributed by atoms with van der Waals surface area (Å²) >= 11 is 0. The van der Waals surface area contributed by atoms with Crippen molar-refractivity contribution in [3.8, 4) is 11.4 Å². The van der Waals surface area contributed by atoms with Crippen LogP contribution in [0.1, 0.15) is 30.3 Å². The summed E-state index contributed by atoms with van der Waals surface area (Å²) < 4.78 is 7.40. The number of aromatic nitrogens is 2. The summed E-state index contributed by atoms with van der Waals surface area (Å²) in [6, 6.07) is 9.87. The molecule has 1 aliphatic heterocycles. The average Bonchev–Trinajstić information content (AvgIpc) is 3.23. The SMILES string of the molecule is CCCOc1cn(-c2ccccc2)nc1C(=O)NC1CCNC1. The molecule has 6 heteroatoms. The summed E-state index contributed by atoms with van der Waals surface area (Å²) in [5.74, 6) is 0.346. The van der Waals surface area contributed by atoms with Crippen LogP contribution in [0.15, 0.2) is 36.5 Å². The van der Waals surface area contributed by atoms with Crippen molar-refractivity contribution in [2.45, 2.75) is 25.8 Å². The molecule has 2 N–H and O–H groups in total. The average molecular weight is 314 g/mol. The van der Waals surface area contributed by atoms with Gasteiger partial charge in [-0.1, -0.05) is 25.1 Å². The van der Waals surface area contributed by atoms with E-state index in [1.807, 2.05) is 37.3 Å². The van der Waals surface area contributed by atoms with Gasteiger partial charge in [0.05, 0.1) is 18.5 Å². The van der Waals surface area contributed by atoms with Crippen LogP contribution in [0.2, 0.25) is 0 Å². The van der Waals surface area contributed by atoms with E-state index in [0.29, 0.717) is 18.1 Å². The molecule has 1 aromatic carbocycles. The molecule has 122 valence electrons. The highest BCUT2D eigenvalue weighted by molar-refractivity contribution is 5.95. The number of carbonyl (C=O) groups is 1. The molecule has 1 fully saturated rings. The lowest BCUT2D eigenvalue weighted by atomic mass is 10.2. The second-order valence-electron chi connectivity index (χ2n) is 5.63. The van der Waals surface area contributed by atoms with Crippen molar-refractivity contribution < 1.29 is 9.53 Å². The maximum Gasteiger partial charge on any atom is 0.275 e. The van der Waals surface area contributed by atoms with Crippen LogP contribution < -0.4 is 15.4 Å². The normalized spacial score (nSPS) is 17.2. The number of para-hydroxylation sites is 1. The van der Waals surface area contributed by atoms with Gasteiger partial charge in [-0.25, -0.2) is 4.68 Å². The lowest BCUT2D eigenvalue weighted by molar-refractivity contribution is 0.0930. The number of nitrogens with zero attached hydrogens (tertiary/aromatic N) is 2. The summed E-state index contributed by atoms with van der Waals surface area (Å²) in [5, 5.41) is 10.7. The van der Waals surface area contributed by atoms with Crippen LogP contribution in [-0.2, 0) is 0 Å². The van der Waals surface area contributed by atoms with Crippen LogP contribution in [0.5, 0.6) is 5.75 Å². The van der Waals surface area contributed by atoms with Gasteiger partial charge in [-0.3, -0.25) is 4.79 Å². The van der Waals surface area contributed by atoms with E-state index in [9.17, 15) is 4.79 Å². The Morgan fingerprint density at radius 3 is 2.96 bits per heavy atom. The van der Waals surface area contributed by atoms with Crippen LogP contribution in [0, 0.1) is 0 Å². The second kappa shape index (κ2) is 7.28. The lowest BCUT2D eigenvalue weighted by Crippen LogP contribution is -2.36. The highest BCUT2D eigenvalue weighted by Gasteiger charge is 2.23. The largest absolute Gasteiger partial charge is 0.489 e. The minimum atomic E-state index is -0.181. The maximum absolute atomic E-state index is 12.5. The molecule has 1 atom stereocenters. The molecule has 1 aliphatic rings. The number of benzene rings is 1. The topological polar surface area (TPSA) is 68.2 Å². The van der Waals surface area contributed by atoms with E-state index in [4.69, 9.17) is 4.74 Å². The number of nitrogens with one attached hydrogen (secondary N) is 2. The van der Waals surface area contributed by atoms with Gasteiger partial charge in [-0.2, -0.15) is 5.10 Å². The Labute approximate surface area is 135 Å². The smallest absolute Gasteiger partial charge is 0.275 e. The minimum Gasteiger partial charge on any atom is -0.489 e. The Bertz CT molecular complexity index is 648. The van der Waals surface area contributed by atoms with Crippen molar-refractivity contribution in [2.75, 3.05) is 19.7 Å². The van der Waals surface area contributed by atoms with Gasteiger partial charge in [0.25, 0.3) is 5.91 Å². The molecule has 6 nitrogen and oxygen atoms in total. The van der Waals surface area contributed by atoms with Crippen molar-refractivity contribution in [1.82, 2.24) is 20.4 Å². The number of rotatable bonds is 6. The van der Waals surface area contributed by atoms with Gasteiger partial charge in [0.1, 0.15) is 0 Å². The van der Waals surface area contributed by atoms with E-state index in [-0.39, 0.29) is 11.9 Å². The Balaban J connectivity index is 1.84. The fourth-order valence-corrected chi connectivity index (χ4v) is 2.58. The molecule has 0 bridgehead atoms. The van der Waals surface area contributed by atoms with Crippen LogP contribution >= 0.6 is 0 Å². The minimum absolute atomic E-state index is 0.156. The van der Waals surface area contributed by atoms with Crippen LogP contribution in [0.25, 0.3) is 5.69 Å². The van der Waals surface area contributed by atoms with Crippen molar-refractivity contribution >= 4 is 5.91 Å². The highest BCUT2D eigenvalue weighted by atomic mass is 16.5. The molecule has 0 saturated carbocycles. The van der Waals surface area contributed by atoms with Crippen molar-refractivity contribution in [1.29, 1.82) is 0 Å². The zero-order valence-electron chi connectivity index (χ0n) is 13.3. The number of amides is 1. The van der Waals surface area contributed by atoms with E-state index in [0.717, 1.165) is 31.6 Å². The van der Waals surface area contributed by atoms with Gasteiger partial charge in [0.15, 0.2) is 11.4 Å². The van der Waals surface area contributed by atoms with E-state index < -0.39 is 0 Å². The van der Waals surface area contributed by atoms with Crippen molar-refractivity contribution in [2.24, 2.45) is 0 Å². The fourth-order valence-electron chi connectivity index (χ4n) is 2.58. The van der Waals surface area contributed by atoms with E-state index in [2.05, 4.69) is 15.7 Å². The molecule has 2 aromatic rings. The monoisotopic (exact) mass is 314 g/mol. The van der Waals surface area contributed by atoms with E-state index in [1.165, 1.54) is 0 Å². The maximum atomic E-state index is 12.5. The molecule has 1 amide bonds. The van der Waals surface area contributed by atoms with Crippen LogP contribution in [0.4, 0.5) is 0 Å². The Hall–Kier alpha value is -2.34. The first-order valence-electron chi connectivity index (χ1n) is 8.07. The van der Waals surface area contributed by atoms with E-state index in [1.54, 1.807) is 10.9 Å². The van der Waals surface area contributed by atoms with Gasteiger partial charge >= 0.3 is 0 Å².